The number of pyridine rings is 1. The van der Waals surface area contributed by atoms with Crippen LogP contribution in [0.1, 0.15) is 18.9 Å². The van der Waals surface area contributed by atoms with Gasteiger partial charge in [0, 0.05) is 36.6 Å². The van der Waals surface area contributed by atoms with Crippen molar-refractivity contribution < 1.29 is 4.79 Å². The highest BCUT2D eigenvalue weighted by Gasteiger charge is 2.46. The molecule has 2 aromatic carbocycles. The molecule has 0 spiro atoms. The lowest BCUT2D eigenvalue weighted by atomic mass is 9.85. The van der Waals surface area contributed by atoms with Crippen molar-refractivity contribution in [3.05, 3.63) is 85.1 Å². The van der Waals surface area contributed by atoms with Crippen LogP contribution in [-0.2, 0) is 11.3 Å². The van der Waals surface area contributed by atoms with Crippen molar-refractivity contribution in [1.82, 2.24) is 19.4 Å². The lowest BCUT2D eigenvalue weighted by Crippen LogP contribution is -2.63. The molecule has 2 aromatic heterocycles. The van der Waals surface area contributed by atoms with Crippen molar-refractivity contribution >= 4 is 22.5 Å². The van der Waals surface area contributed by atoms with Crippen LogP contribution in [0.15, 0.2) is 79.5 Å². The molecule has 0 aliphatic carbocycles. The summed E-state index contributed by atoms with van der Waals surface area (Å²) in [6.45, 7) is 3.66. The van der Waals surface area contributed by atoms with E-state index in [0.29, 0.717) is 0 Å². The van der Waals surface area contributed by atoms with E-state index in [1.807, 2.05) is 48.0 Å². The molecule has 0 radical (unpaired) electrons. The van der Waals surface area contributed by atoms with Crippen molar-refractivity contribution in [2.75, 3.05) is 11.9 Å². The number of amides is 1. The zero-order valence-corrected chi connectivity index (χ0v) is 16.8. The van der Waals surface area contributed by atoms with Crippen molar-refractivity contribution in [2.24, 2.45) is 0 Å². The molecular weight excluding hydrogens is 374 g/mol. The van der Waals surface area contributed by atoms with E-state index in [1.54, 1.807) is 18.7 Å². The molecule has 1 fully saturated rings. The van der Waals surface area contributed by atoms with Gasteiger partial charge in [-0.2, -0.15) is 0 Å². The van der Waals surface area contributed by atoms with Crippen LogP contribution in [0.4, 0.5) is 5.69 Å². The number of carbonyl (C=O) groups is 1. The first kappa shape index (κ1) is 18.5. The summed E-state index contributed by atoms with van der Waals surface area (Å²) in [6, 6.07) is 18.3. The molecule has 1 aliphatic rings. The Bertz CT molecular complexity index is 1190. The first-order valence-electron chi connectivity index (χ1n) is 10.1. The topological polar surface area (TPSA) is 63.1 Å². The number of likely N-dealkylation sites (tertiary alicyclic amines) is 1. The zero-order valence-electron chi connectivity index (χ0n) is 16.8. The second kappa shape index (κ2) is 7.39. The van der Waals surface area contributed by atoms with Crippen LogP contribution in [0.25, 0.3) is 16.6 Å². The number of nitrogens with one attached hydrogen (secondary N) is 1. The highest BCUT2D eigenvalue weighted by molar-refractivity contribution is 5.99. The Morgan fingerprint density at radius 3 is 2.73 bits per heavy atom. The van der Waals surface area contributed by atoms with Crippen molar-refractivity contribution in [3.8, 4) is 5.69 Å². The monoisotopic (exact) mass is 397 g/mol. The highest BCUT2D eigenvalue weighted by Crippen LogP contribution is 2.33. The van der Waals surface area contributed by atoms with E-state index in [2.05, 4.69) is 44.5 Å². The van der Waals surface area contributed by atoms with Gasteiger partial charge in [0.1, 0.15) is 0 Å². The largest absolute Gasteiger partial charge is 0.323 e. The molecule has 5 rings (SSSR count). The van der Waals surface area contributed by atoms with Gasteiger partial charge in [-0.25, -0.2) is 4.98 Å². The molecule has 6 nitrogen and oxygen atoms in total. The van der Waals surface area contributed by atoms with Gasteiger partial charge in [-0.1, -0.05) is 30.3 Å². The number of carbonyl (C=O) groups excluding carboxylic acids is 1. The number of anilines is 1. The van der Waals surface area contributed by atoms with Crippen LogP contribution in [0.3, 0.4) is 0 Å². The fourth-order valence-corrected chi connectivity index (χ4v) is 3.93. The highest BCUT2D eigenvalue weighted by atomic mass is 16.2. The van der Waals surface area contributed by atoms with Crippen LogP contribution in [-0.4, -0.2) is 37.4 Å². The molecule has 0 saturated carbocycles. The lowest BCUT2D eigenvalue weighted by molar-refractivity contribution is -0.136. The Morgan fingerprint density at radius 1 is 1.17 bits per heavy atom. The maximum atomic E-state index is 13.1. The molecule has 6 heteroatoms. The predicted molar refractivity (Wildman–Crippen MR) is 117 cm³/mol. The Hall–Kier alpha value is -3.51. The van der Waals surface area contributed by atoms with Gasteiger partial charge in [-0.05, 0) is 43.2 Å². The quantitative estimate of drug-likeness (QED) is 0.552. The summed E-state index contributed by atoms with van der Waals surface area (Å²) in [7, 11) is 0. The SMILES string of the molecule is CC1(C(=O)Nc2cnc3ccccc3c2)CCN1Cc1ccc(-n2ccnc2)cc1. The second-order valence-corrected chi connectivity index (χ2v) is 7.95. The van der Waals surface area contributed by atoms with Crippen molar-refractivity contribution in [1.29, 1.82) is 0 Å². The van der Waals surface area contributed by atoms with E-state index in [0.717, 1.165) is 41.8 Å². The second-order valence-electron chi connectivity index (χ2n) is 7.95. The molecule has 1 atom stereocenters. The Labute approximate surface area is 175 Å². The maximum absolute atomic E-state index is 13.1. The van der Waals surface area contributed by atoms with Gasteiger partial charge in [-0.15, -0.1) is 0 Å². The molecule has 1 aliphatic heterocycles. The first-order valence-corrected chi connectivity index (χ1v) is 10.1. The van der Waals surface area contributed by atoms with Crippen LogP contribution >= 0.6 is 0 Å². The number of benzene rings is 2. The normalized spacial score (nSPS) is 18.8. The third-order valence-corrected chi connectivity index (χ3v) is 6.02. The minimum Gasteiger partial charge on any atom is -0.323 e. The standard InChI is InChI=1S/C24H23N5O/c1-24(23(30)27-20-14-19-4-2-3-5-22(19)26-15-20)10-12-29(24)16-18-6-8-21(9-7-18)28-13-11-25-17-28/h2-9,11,13-15,17H,10,12,16H2,1H3,(H,27,30). The van der Waals surface area contributed by atoms with Crippen molar-refractivity contribution in [2.45, 2.75) is 25.4 Å². The van der Waals surface area contributed by atoms with E-state index in [9.17, 15) is 4.79 Å². The fraction of sp³-hybridized carbons (Fsp3) is 0.208. The number of fused-ring (bicyclic) bond motifs is 1. The maximum Gasteiger partial charge on any atom is 0.244 e. The van der Waals surface area contributed by atoms with E-state index in [1.165, 1.54) is 5.56 Å². The number of hydrogen-bond donors (Lipinski definition) is 1. The van der Waals surface area contributed by atoms with Crippen LogP contribution in [0.2, 0.25) is 0 Å². The Kier molecular flexibility index (Phi) is 4.56. The molecule has 3 heterocycles. The predicted octanol–water partition coefficient (Wildman–Crippen LogP) is 4.02. The summed E-state index contributed by atoms with van der Waals surface area (Å²) in [5.74, 6) is 0.0147. The minimum atomic E-state index is -0.519. The van der Waals surface area contributed by atoms with E-state index in [4.69, 9.17) is 0 Å². The molecule has 4 aromatic rings. The smallest absolute Gasteiger partial charge is 0.244 e. The Morgan fingerprint density at radius 2 is 2.00 bits per heavy atom. The summed E-state index contributed by atoms with van der Waals surface area (Å²) in [6.07, 6.45) is 8.04. The van der Waals surface area contributed by atoms with Crippen LogP contribution in [0.5, 0.6) is 0 Å². The third kappa shape index (κ3) is 3.35. The van der Waals surface area contributed by atoms with Crippen molar-refractivity contribution in [3.63, 3.8) is 0 Å². The summed E-state index contributed by atoms with van der Waals surface area (Å²) in [5, 5.41) is 4.08. The van der Waals surface area contributed by atoms with Gasteiger partial charge in [0.05, 0.1) is 29.3 Å². The number of rotatable bonds is 5. The molecule has 1 amide bonds. The Balaban J connectivity index is 1.27. The minimum absolute atomic E-state index is 0.0147. The van der Waals surface area contributed by atoms with Crippen LogP contribution in [0, 0.1) is 0 Å². The molecule has 1 N–H and O–H groups in total. The molecular formula is C24H23N5O. The van der Waals surface area contributed by atoms with Gasteiger partial charge in [0.2, 0.25) is 5.91 Å². The first-order chi connectivity index (χ1) is 14.6. The average molecular weight is 397 g/mol. The number of aromatic nitrogens is 3. The third-order valence-electron chi connectivity index (χ3n) is 6.02. The number of imidazole rings is 1. The molecule has 30 heavy (non-hydrogen) atoms. The lowest BCUT2D eigenvalue weighted by Gasteiger charge is -2.49. The van der Waals surface area contributed by atoms with Gasteiger partial charge in [-0.3, -0.25) is 14.7 Å². The molecule has 1 saturated heterocycles. The fourth-order valence-electron chi connectivity index (χ4n) is 3.93. The number of hydrogen-bond acceptors (Lipinski definition) is 4. The number of nitrogens with zero attached hydrogens (tertiary/aromatic N) is 4. The number of para-hydroxylation sites is 1. The average Bonchev–Trinajstić information content (AvgIpc) is 3.31. The van der Waals surface area contributed by atoms with E-state index < -0.39 is 5.54 Å². The summed E-state index contributed by atoms with van der Waals surface area (Å²) in [4.78, 5) is 23.8. The summed E-state index contributed by atoms with van der Waals surface area (Å²) in [5.41, 5.74) is 3.39. The van der Waals surface area contributed by atoms with Gasteiger partial charge in [0.15, 0.2) is 0 Å². The van der Waals surface area contributed by atoms with E-state index in [-0.39, 0.29) is 5.91 Å². The van der Waals surface area contributed by atoms with Gasteiger partial charge in [0.25, 0.3) is 0 Å². The molecule has 150 valence electrons. The van der Waals surface area contributed by atoms with Gasteiger partial charge >= 0.3 is 0 Å². The molecule has 1 unspecified atom stereocenters. The molecule has 0 bridgehead atoms. The van der Waals surface area contributed by atoms with E-state index >= 15 is 0 Å². The van der Waals surface area contributed by atoms with Gasteiger partial charge < -0.3 is 9.88 Å². The van der Waals surface area contributed by atoms with Crippen LogP contribution < -0.4 is 5.32 Å². The summed E-state index contributed by atoms with van der Waals surface area (Å²) >= 11 is 0. The zero-order chi connectivity index (χ0) is 20.6. The summed E-state index contributed by atoms with van der Waals surface area (Å²) < 4.78 is 1.97.